The molecule has 0 spiro atoms. The lowest BCUT2D eigenvalue weighted by atomic mass is 9.69. The molecule has 3 aliphatic carbocycles. The number of benzene rings is 2. The van der Waals surface area contributed by atoms with Crippen molar-refractivity contribution in [2.75, 3.05) is 0 Å². The van der Waals surface area contributed by atoms with Crippen LogP contribution in [0.5, 0.6) is 0 Å². The van der Waals surface area contributed by atoms with Crippen molar-refractivity contribution in [2.45, 2.75) is 69.7 Å². The van der Waals surface area contributed by atoms with Crippen LogP contribution in [0.25, 0.3) is 11.3 Å². The monoisotopic (exact) mass is 463 g/mol. The average molecular weight is 464 g/mol. The Morgan fingerprint density at radius 3 is 2.42 bits per heavy atom. The Morgan fingerprint density at radius 1 is 1.03 bits per heavy atom. The molecule has 0 radical (unpaired) electrons. The van der Waals surface area contributed by atoms with E-state index in [2.05, 4.69) is 30.3 Å². The lowest BCUT2D eigenvalue weighted by Crippen LogP contribution is -2.44. The van der Waals surface area contributed by atoms with Gasteiger partial charge in [-0.2, -0.15) is 0 Å². The second-order valence-corrected chi connectivity index (χ2v) is 10.6. The molecule has 3 fully saturated rings. The molecule has 1 aromatic heterocycles. The van der Waals surface area contributed by atoms with Crippen LogP contribution in [0, 0.1) is 18.8 Å². The van der Waals surface area contributed by atoms with Gasteiger partial charge < -0.3 is 14.4 Å². The molecule has 0 unspecified atom stereocenters. The molecule has 1 heterocycles. The minimum atomic E-state index is -0.725. The summed E-state index contributed by atoms with van der Waals surface area (Å²) in [6, 6.07) is 16.1. The van der Waals surface area contributed by atoms with Crippen molar-refractivity contribution >= 4 is 11.6 Å². The van der Waals surface area contributed by atoms with Gasteiger partial charge in [-0.1, -0.05) is 59.2 Å². The highest BCUT2D eigenvalue weighted by atomic mass is 35.5. The number of halogens is 1. The number of aryl methyl sites for hydroxylation is 1. The van der Waals surface area contributed by atoms with Crippen molar-refractivity contribution in [1.82, 2.24) is 5.16 Å². The highest BCUT2D eigenvalue weighted by Crippen LogP contribution is 2.56. The first-order valence-corrected chi connectivity index (χ1v) is 12.6. The van der Waals surface area contributed by atoms with Gasteiger partial charge in [0.05, 0.1) is 23.3 Å². The van der Waals surface area contributed by atoms with Gasteiger partial charge in [-0.05, 0) is 74.5 Å². The molecule has 4 nitrogen and oxygen atoms in total. The van der Waals surface area contributed by atoms with Gasteiger partial charge in [0, 0.05) is 17.0 Å². The van der Waals surface area contributed by atoms with Crippen LogP contribution in [0.3, 0.4) is 0 Å². The number of hydrogen-bond acceptors (Lipinski definition) is 4. The fraction of sp³-hybridized carbons (Fsp3) is 0.464. The standard InChI is InChI=1S/C28H30ClNO3/c1-17-6-5-9-24(29)25(17)26-23(27(33-30-26)18-10-11-18)16-32-22-14-20-12-13-21(15-22)28(20,31)19-7-3-2-4-8-19/h2-9,18,20-22,31H,10-16H2,1H3/t20-,21+,22-,28+. The van der Waals surface area contributed by atoms with E-state index >= 15 is 0 Å². The smallest absolute Gasteiger partial charge is 0.145 e. The lowest BCUT2D eigenvalue weighted by molar-refractivity contribution is -0.116. The molecular weight excluding hydrogens is 434 g/mol. The molecule has 0 amide bonds. The summed E-state index contributed by atoms with van der Waals surface area (Å²) in [6.45, 7) is 2.53. The maximum absolute atomic E-state index is 11.7. The van der Waals surface area contributed by atoms with E-state index in [1.165, 1.54) is 0 Å². The van der Waals surface area contributed by atoms with Gasteiger partial charge in [-0.3, -0.25) is 0 Å². The van der Waals surface area contributed by atoms with Crippen molar-refractivity contribution in [2.24, 2.45) is 11.8 Å². The van der Waals surface area contributed by atoms with Gasteiger partial charge in [0.25, 0.3) is 0 Å². The Balaban J connectivity index is 1.24. The Bertz CT molecular complexity index is 1120. The van der Waals surface area contributed by atoms with Crippen LogP contribution >= 0.6 is 11.6 Å². The number of rotatable bonds is 6. The first-order chi connectivity index (χ1) is 16.1. The molecule has 2 bridgehead atoms. The molecule has 4 atom stereocenters. The largest absolute Gasteiger partial charge is 0.385 e. The number of nitrogens with zero attached hydrogens (tertiary/aromatic N) is 1. The summed E-state index contributed by atoms with van der Waals surface area (Å²) >= 11 is 6.58. The number of aliphatic hydroxyl groups is 1. The molecule has 0 aliphatic heterocycles. The van der Waals surface area contributed by atoms with Gasteiger partial charge in [0.1, 0.15) is 11.5 Å². The first kappa shape index (κ1) is 21.4. The minimum Gasteiger partial charge on any atom is -0.385 e. The van der Waals surface area contributed by atoms with E-state index in [-0.39, 0.29) is 17.9 Å². The highest BCUT2D eigenvalue weighted by molar-refractivity contribution is 6.33. The number of aromatic nitrogens is 1. The van der Waals surface area contributed by atoms with Crippen LogP contribution in [-0.2, 0) is 16.9 Å². The molecule has 2 aromatic carbocycles. The third-order valence-electron chi connectivity index (χ3n) is 8.13. The van der Waals surface area contributed by atoms with Gasteiger partial charge in [-0.15, -0.1) is 0 Å². The van der Waals surface area contributed by atoms with E-state index in [1.54, 1.807) is 0 Å². The molecule has 3 saturated carbocycles. The van der Waals surface area contributed by atoms with E-state index in [0.29, 0.717) is 17.5 Å². The van der Waals surface area contributed by atoms with Gasteiger partial charge in [0.2, 0.25) is 0 Å². The zero-order valence-electron chi connectivity index (χ0n) is 19.0. The Kier molecular flexibility index (Phi) is 5.36. The lowest BCUT2D eigenvalue weighted by Gasteiger charge is -2.43. The third kappa shape index (κ3) is 3.63. The number of hydrogen-bond donors (Lipinski definition) is 1. The average Bonchev–Trinajstić information content (AvgIpc) is 3.56. The molecule has 33 heavy (non-hydrogen) atoms. The van der Waals surface area contributed by atoms with Crippen LogP contribution in [0.15, 0.2) is 53.1 Å². The van der Waals surface area contributed by atoms with E-state index in [4.69, 9.17) is 20.9 Å². The summed E-state index contributed by atoms with van der Waals surface area (Å²) in [4.78, 5) is 0. The maximum Gasteiger partial charge on any atom is 0.145 e. The van der Waals surface area contributed by atoms with E-state index in [1.807, 2.05) is 30.3 Å². The summed E-state index contributed by atoms with van der Waals surface area (Å²) in [6.07, 6.45) is 6.29. The normalized spacial score (nSPS) is 28.9. The molecule has 1 N–H and O–H groups in total. The summed E-state index contributed by atoms with van der Waals surface area (Å²) < 4.78 is 12.4. The van der Waals surface area contributed by atoms with Crippen LogP contribution in [-0.4, -0.2) is 16.4 Å². The van der Waals surface area contributed by atoms with Crippen molar-refractivity contribution in [3.63, 3.8) is 0 Å². The van der Waals surface area contributed by atoms with E-state index in [9.17, 15) is 5.11 Å². The van der Waals surface area contributed by atoms with Crippen LogP contribution in [0.1, 0.15) is 66.9 Å². The van der Waals surface area contributed by atoms with Gasteiger partial charge in [-0.25, -0.2) is 0 Å². The Morgan fingerprint density at radius 2 is 1.76 bits per heavy atom. The summed E-state index contributed by atoms with van der Waals surface area (Å²) in [5.74, 6) is 1.88. The summed E-state index contributed by atoms with van der Waals surface area (Å²) in [7, 11) is 0. The molecule has 3 aromatic rings. The van der Waals surface area contributed by atoms with Crippen LogP contribution < -0.4 is 0 Å². The van der Waals surface area contributed by atoms with E-state index < -0.39 is 5.60 Å². The fourth-order valence-electron chi connectivity index (χ4n) is 6.27. The predicted octanol–water partition coefficient (Wildman–Crippen LogP) is 6.77. The quantitative estimate of drug-likeness (QED) is 0.438. The zero-order chi connectivity index (χ0) is 22.6. The van der Waals surface area contributed by atoms with Gasteiger partial charge in [0.15, 0.2) is 0 Å². The molecule has 6 rings (SSSR count). The van der Waals surface area contributed by atoms with Crippen molar-refractivity contribution < 1.29 is 14.4 Å². The predicted molar refractivity (Wildman–Crippen MR) is 128 cm³/mol. The van der Waals surface area contributed by atoms with Crippen LogP contribution in [0.4, 0.5) is 0 Å². The molecule has 172 valence electrons. The molecular formula is C28H30ClNO3. The van der Waals surface area contributed by atoms with Crippen molar-refractivity contribution in [1.29, 1.82) is 0 Å². The SMILES string of the molecule is Cc1cccc(Cl)c1-c1noc(C2CC2)c1CO[C@@H]1C[C@H]2CC[C@@H](C1)[C@]2(O)c1ccccc1. The molecule has 0 saturated heterocycles. The second kappa shape index (κ2) is 8.26. The Labute approximate surface area is 199 Å². The minimum absolute atomic E-state index is 0.133. The maximum atomic E-state index is 11.7. The second-order valence-electron chi connectivity index (χ2n) is 10.1. The zero-order valence-corrected chi connectivity index (χ0v) is 19.7. The highest BCUT2D eigenvalue weighted by Gasteiger charge is 2.54. The van der Waals surface area contributed by atoms with Gasteiger partial charge >= 0.3 is 0 Å². The molecule has 5 heteroatoms. The number of fused-ring (bicyclic) bond motifs is 2. The first-order valence-electron chi connectivity index (χ1n) is 12.2. The van der Waals surface area contributed by atoms with E-state index in [0.717, 1.165) is 72.2 Å². The Hall–Kier alpha value is -2.14. The summed E-state index contributed by atoms with van der Waals surface area (Å²) in [5, 5.41) is 16.8. The van der Waals surface area contributed by atoms with Crippen molar-refractivity contribution in [3.05, 3.63) is 76.0 Å². The van der Waals surface area contributed by atoms with Crippen LogP contribution in [0.2, 0.25) is 5.02 Å². The summed E-state index contributed by atoms with van der Waals surface area (Å²) in [5.41, 5.74) is 4.22. The third-order valence-corrected chi connectivity index (χ3v) is 8.44. The number of ether oxygens (including phenoxy) is 1. The van der Waals surface area contributed by atoms with Crippen molar-refractivity contribution in [3.8, 4) is 11.3 Å². The topological polar surface area (TPSA) is 55.5 Å². The fourth-order valence-corrected chi connectivity index (χ4v) is 6.58. The molecule has 3 aliphatic rings.